The molecule has 1 aliphatic heterocycles. The van der Waals surface area contributed by atoms with Crippen LogP contribution in [0.4, 0.5) is 16.2 Å². The summed E-state index contributed by atoms with van der Waals surface area (Å²) in [6, 6.07) is 22.1. The summed E-state index contributed by atoms with van der Waals surface area (Å²) in [5.74, 6) is 0.951. The third-order valence-corrected chi connectivity index (χ3v) is 29.0. The molecule has 2 saturated carbocycles. The highest BCUT2D eigenvalue weighted by atomic mass is 32.2. The maximum atomic E-state index is 15.1. The van der Waals surface area contributed by atoms with Gasteiger partial charge in [-0.3, -0.25) is 57.8 Å². The fourth-order valence-corrected chi connectivity index (χ4v) is 20.9. The number of phenols is 1. The molecule has 0 aromatic heterocycles. The summed E-state index contributed by atoms with van der Waals surface area (Å²) in [4.78, 5) is 153. The van der Waals surface area contributed by atoms with Gasteiger partial charge in [0.15, 0.2) is 0 Å². The second kappa shape index (κ2) is 57.1. The topological polar surface area (TPSA) is 521 Å². The fourth-order valence-electron chi connectivity index (χ4n) is 20.6. The number of aromatic hydroxyl groups is 1. The van der Waals surface area contributed by atoms with Crippen molar-refractivity contribution in [3.05, 3.63) is 135 Å². The van der Waals surface area contributed by atoms with Crippen molar-refractivity contribution in [1.82, 2.24) is 47.9 Å². The number of para-hydroxylation sites is 1. The molecule has 37 nitrogen and oxygen atoms in total. The first-order chi connectivity index (χ1) is 68.2. The Hall–Kier alpha value is -10.7. The molecule has 142 heavy (non-hydrogen) atoms. The van der Waals surface area contributed by atoms with Gasteiger partial charge in [-0.15, -0.1) is 0 Å². The second-order valence-corrected chi connectivity index (χ2v) is 40.4. The predicted octanol–water partition coefficient (Wildman–Crippen LogP) is 7.41. The molecule has 16 N–H and O–H groups in total. The first-order valence-electron chi connectivity index (χ1n) is 50.5. The number of unbranched alkanes of at least 4 members (excludes halogenated alkanes) is 1. The fraction of sp³-hybridized carbons (Fsp3) is 0.625. The number of allylic oxidation sites excluding steroid dienone is 1. The molecule has 0 radical (unpaired) electrons. The number of carbonyl (C=O) groups is 11. The standard InChI is InChI=1S/C104H151N13O24S/c1-71(2)94(97(126)114-83(24-16-46-111-100(106)129)95(124)112-77-33-29-73-31-35-86-101(3,79(73)67-77)41-17-43-103(86,5)98(127)116-99(128)104(6)44-18-42-102(4)80-68-78(118)34-30-74(80)32-36-87(102)104)115-96(125)82(23-14-15-45-108-91(122)70-141-85-26-9-7-8-22-81(93(85)105)107-47-52-135-56-60-139-64-62-137-58-54-133-50-39-89(120)110-49-66-142(130,131)132)113-90(121)40-51-134-55-59-138-63-65-140-61-57-136-53-48-109-88(119)37-38-92(123)117-69-76-21-11-10-19-72(76)27-28-75-20-12-13-25-84(75)117/h10-13,19-21,25,29-30,33-34,67-68,71,82-83,85-87,94,107,118H,7-9,14-18,22-24,26,31-32,35-66,69-70,105H2,1-6H3,(H,108,122)(H,109,119)(H,110,120)(H,112,124)(H,113,121)(H,114,126)(H,115,125)(H3,106,111,129)(H,116,127,128)(H,130,131,132)/t82-,83+,85?,86-,87-,94+,101-,102-,103+,104+/m1/s1. The lowest BCUT2D eigenvalue weighted by atomic mass is 9.49. The summed E-state index contributed by atoms with van der Waals surface area (Å²) in [7, 11) is -4.16. The Balaban J connectivity index is 0.682. The van der Waals surface area contributed by atoms with E-state index in [1.165, 1.54) is 5.56 Å². The van der Waals surface area contributed by atoms with E-state index in [0.29, 0.717) is 121 Å². The lowest BCUT2D eigenvalue weighted by molar-refractivity contribution is -0.150. The van der Waals surface area contributed by atoms with Gasteiger partial charge in [-0.2, -0.15) is 8.42 Å². The van der Waals surface area contributed by atoms with Gasteiger partial charge in [0.25, 0.3) is 10.1 Å². The zero-order valence-electron chi connectivity index (χ0n) is 83.5. The molecule has 38 heteroatoms. The second-order valence-electron chi connectivity index (χ2n) is 38.8. The molecule has 12 amide bonds. The van der Waals surface area contributed by atoms with Crippen molar-refractivity contribution in [1.29, 1.82) is 0 Å². The predicted molar refractivity (Wildman–Crippen MR) is 532 cm³/mol. The molecule has 5 aliphatic carbocycles. The van der Waals surface area contributed by atoms with Gasteiger partial charge in [0.05, 0.1) is 146 Å². The van der Waals surface area contributed by atoms with Crippen LogP contribution in [0.1, 0.15) is 222 Å². The summed E-state index contributed by atoms with van der Waals surface area (Å²) in [6.45, 7) is 16.5. The van der Waals surface area contributed by atoms with Crippen LogP contribution >= 0.6 is 0 Å². The molecule has 4 aromatic rings. The number of primary amides is 1. The average Bonchev–Trinajstić information content (AvgIpc) is 0.727. The molecule has 1 heterocycles. The quantitative estimate of drug-likeness (QED) is 0.00885. The van der Waals surface area contributed by atoms with Crippen molar-refractivity contribution < 1.29 is 113 Å². The van der Waals surface area contributed by atoms with Crippen molar-refractivity contribution in [2.24, 2.45) is 40.1 Å². The van der Waals surface area contributed by atoms with E-state index in [-0.39, 0.29) is 203 Å². The highest BCUT2D eigenvalue weighted by Gasteiger charge is 2.59. The number of hydrogen-bond donors (Lipinski definition) is 14. The third kappa shape index (κ3) is 34.5. The highest BCUT2D eigenvalue weighted by Crippen LogP contribution is 2.60. The van der Waals surface area contributed by atoms with Gasteiger partial charge in [0, 0.05) is 80.9 Å². The number of urea groups is 1. The summed E-state index contributed by atoms with van der Waals surface area (Å²) in [6.07, 6.45) is 11.5. The summed E-state index contributed by atoms with van der Waals surface area (Å²) in [5.41, 5.74) is 18.8. The maximum absolute atomic E-state index is 15.1. The highest BCUT2D eigenvalue weighted by molar-refractivity contribution is 7.85. The van der Waals surface area contributed by atoms with E-state index in [9.17, 15) is 61.5 Å². The summed E-state index contributed by atoms with van der Waals surface area (Å²) < 4.78 is 81.5. The molecule has 0 bridgehead atoms. The SMILES string of the molecule is CC(C)[C@H](NC(=O)[C@@H](CCCCNC(=O)COC1CCCCCC(NCCOCCOCCOCCOCCC(=O)NCCS(=O)(=O)O)=C1N)NC(=O)CCOCCOCCOCCOCCNC(=O)CCC(=O)N1Cc2ccccc2C#Cc2ccccc21)C(=O)N[C@@H](CCCNC(N)=O)C(=O)Nc1ccc2c(c1)[C@@]1(C)CCC[C@](C)(C(=O)NC(=O)[C@@]3(C)CCC[C@]4(C)c5cc(O)ccc5CC[C@@H]34)[C@@H]1CC2. The normalized spacial score (nSPS) is 20.8. The summed E-state index contributed by atoms with van der Waals surface area (Å²) in [5, 5.41) is 39.4. The van der Waals surface area contributed by atoms with Gasteiger partial charge in [-0.05, 0) is 202 Å². The van der Waals surface area contributed by atoms with Crippen LogP contribution in [-0.2, 0) is 131 Å². The first-order valence-corrected chi connectivity index (χ1v) is 52.1. The molecule has 1 unspecified atom stereocenters. The van der Waals surface area contributed by atoms with Gasteiger partial charge >= 0.3 is 6.03 Å². The Morgan fingerprint density at radius 3 is 1.64 bits per heavy atom. The van der Waals surface area contributed by atoms with Gasteiger partial charge in [-0.1, -0.05) is 122 Å². The Morgan fingerprint density at radius 1 is 0.493 bits per heavy atom. The molecular formula is C104H151N13O24S. The maximum Gasteiger partial charge on any atom is 0.312 e. The van der Waals surface area contributed by atoms with Crippen LogP contribution in [0.15, 0.2) is 96.3 Å². The van der Waals surface area contributed by atoms with Crippen LogP contribution in [0.5, 0.6) is 5.75 Å². The molecule has 10 rings (SSSR count). The molecule has 0 saturated heterocycles. The number of imide groups is 1. The molecule has 782 valence electrons. The third-order valence-electron chi connectivity index (χ3n) is 28.2. The van der Waals surface area contributed by atoms with Gasteiger partial charge in [-0.25, -0.2) is 4.79 Å². The van der Waals surface area contributed by atoms with E-state index in [0.717, 1.165) is 90.4 Å². The number of carbonyl (C=O) groups excluding carboxylic acids is 11. The zero-order valence-corrected chi connectivity index (χ0v) is 84.3. The van der Waals surface area contributed by atoms with Gasteiger partial charge in [0.1, 0.15) is 30.5 Å². The Bertz CT molecular complexity index is 5110. The number of nitrogens with one attached hydrogen (secondary N) is 10. The number of aryl methyl sites for hydroxylation is 2. The van der Waals surface area contributed by atoms with Crippen molar-refractivity contribution in [2.45, 2.75) is 237 Å². The number of anilines is 2. The van der Waals surface area contributed by atoms with Gasteiger partial charge in [0.2, 0.25) is 59.1 Å². The van der Waals surface area contributed by atoms with Crippen molar-refractivity contribution in [3.8, 4) is 17.6 Å². The Morgan fingerprint density at radius 2 is 1.02 bits per heavy atom. The molecular weight excluding hydrogens is 1850 g/mol. The number of amides is 12. The zero-order chi connectivity index (χ0) is 102. The Labute approximate surface area is 834 Å². The summed E-state index contributed by atoms with van der Waals surface area (Å²) >= 11 is 0. The van der Waals surface area contributed by atoms with Crippen molar-refractivity contribution >= 4 is 86.6 Å². The first kappa shape index (κ1) is 113. The van der Waals surface area contributed by atoms with Crippen LogP contribution in [0.2, 0.25) is 0 Å². The number of nitrogens with two attached hydrogens (primary N) is 2. The van der Waals surface area contributed by atoms with Crippen LogP contribution in [0.3, 0.4) is 0 Å². The number of benzene rings is 4. The largest absolute Gasteiger partial charge is 0.508 e. The minimum atomic E-state index is -4.16. The minimum Gasteiger partial charge on any atom is -0.508 e. The van der Waals surface area contributed by atoms with E-state index < -0.39 is 97.8 Å². The van der Waals surface area contributed by atoms with E-state index in [1.807, 2.05) is 92.7 Å². The molecule has 0 spiro atoms. The minimum absolute atomic E-state index is 0.00470. The van der Waals surface area contributed by atoms with Crippen LogP contribution in [-0.4, -0.2) is 258 Å². The molecule has 2 fully saturated rings. The number of phenolic OH excluding ortho intramolecular Hbond substituents is 1. The number of fused-ring (bicyclic) bond motifs is 8. The smallest absolute Gasteiger partial charge is 0.312 e. The number of rotatable bonds is 59. The van der Waals surface area contributed by atoms with Crippen LogP contribution in [0, 0.1) is 40.4 Å². The Kier molecular flexibility index (Phi) is 45.5. The number of hydrogen-bond acceptors (Lipinski definition) is 25. The molecule has 6 aliphatic rings. The average molecular weight is 2000 g/mol. The van der Waals surface area contributed by atoms with Crippen LogP contribution in [0.25, 0.3) is 0 Å². The van der Waals surface area contributed by atoms with E-state index in [2.05, 4.69) is 78.9 Å². The lowest BCUT2D eigenvalue weighted by Gasteiger charge is -2.56. The van der Waals surface area contributed by atoms with Crippen molar-refractivity contribution in [3.63, 3.8) is 0 Å². The lowest BCUT2D eigenvalue weighted by Crippen LogP contribution is -2.60. The van der Waals surface area contributed by atoms with E-state index in [4.69, 9.17) is 58.7 Å². The van der Waals surface area contributed by atoms with E-state index in [1.54, 1.807) is 24.8 Å². The van der Waals surface area contributed by atoms with E-state index >= 15 is 4.79 Å². The van der Waals surface area contributed by atoms with Crippen LogP contribution < -0.4 is 69.5 Å². The monoisotopic (exact) mass is 2000 g/mol. The number of nitrogens with zero attached hydrogens (tertiary/aromatic N) is 1. The molecule has 10 atom stereocenters. The number of ether oxygens (including phenoxy) is 9. The van der Waals surface area contributed by atoms with Gasteiger partial charge < -0.3 is 112 Å². The molecule has 4 aromatic carbocycles. The van der Waals surface area contributed by atoms with Crippen molar-refractivity contribution in [2.75, 3.05) is 161 Å².